The van der Waals surface area contributed by atoms with Gasteiger partial charge in [-0.25, -0.2) is 0 Å². The average Bonchev–Trinajstić information content (AvgIpc) is 2.14. The number of aliphatic imine (C=N–C) groups is 1. The van der Waals surface area contributed by atoms with Gasteiger partial charge in [-0.3, -0.25) is 4.99 Å². The summed E-state index contributed by atoms with van der Waals surface area (Å²) in [6.07, 6.45) is 9.67. The van der Waals surface area contributed by atoms with Gasteiger partial charge in [0.1, 0.15) is 0 Å². The third-order valence-electron chi connectivity index (χ3n) is 2.14. The molecule has 0 aromatic carbocycles. The first-order valence-electron chi connectivity index (χ1n) is 4.52. The van der Waals surface area contributed by atoms with Crippen LogP contribution in [0.4, 0.5) is 0 Å². The fourth-order valence-corrected chi connectivity index (χ4v) is 1.28. The van der Waals surface area contributed by atoms with Crippen LogP contribution in [0.15, 0.2) is 42.5 Å². The van der Waals surface area contributed by atoms with Crippen LogP contribution >= 0.6 is 0 Å². The molecule has 0 bridgehead atoms. The molecule has 1 heteroatoms. The van der Waals surface area contributed by atoms with Crippen molar-refractivity contribution in [3.8, 4) is 0 Å². The Hall–Kier alpha value is -1.11. The standard InChI is InChI=1S/C12H19N/c1-6-10-12(5,8-3)11(7-2)13-9-4/h6-11H,2-3H2,1,4-5H3/b10-6-,13-9?. The van der Waals surface area contributed by atoms with Crippen molar-refractivity contribution in [2.45, 2.75) is 26.8 Å². The van der Waals surface area contributed by atoms with Gasteiger partial charge in [-0.15, -0.1) is 13.2 Å². The van der Waals surface area contributed by atoms with Gasteiger partial charge in [-0.05, 0) is 20.1 Å². The molecular formula is C12H19N. The van der Waals surface area contributed by atoms with Gasteiger partial charge in [0.2, 0.25) is 0 Å². The lowest BCUT2D eigenvalue weighted by Gasteiger charge is -2.26. The first-order valence-corrected chi connectivity index (χ1v) is 4.52. The van der Waals surface area contributed by atoms with Crippen molar-refractivity contribution in [3.05, 3.63) is 37.5 Å². The zero-order valence-electron chi connectivity index (χ0n) is 8.83. The van der Waals surface area contributed by atoms with Gasteiger partial charge in [0.25, 0.3) is 0 Å². The SMILES string of the molecule is C=CC(N=CC)C(C)(C=C)/C=C\C. The Balaban J connectivity index is 4.89. The van der Waals surface area contributed by atoms with Gasteiger partial charge in [0, 0.05) is 5.41 Å². The van der Waals surface area contributed by atoms with Crippen LogP contribution in [-0.2, 0) is 0 Å². The van der Waals surface area contributed by atoms with E-state index in [1.54, 1.807) is 6.21 Å². The van der Waals surface area contributed by atoms with E-state index in [0.29, 0.717) is 0 Å². The maximum absolute atomic E-state index is 4.34. The summed E-state index contributed by atoms with van der Waals surface area (Å²) < 4.78 is 0. The predicted molar refractivity (Wildman–Crippen MR) is 61.3 cm³/mol. The van der Waals surface area contributed by atoms with Crippen molar-refractivity contribution in [2.75, 3.05) is 0 Å². The van der Waals surface area contributed by atoms with Crippen LogP contribution in [0.5, 0.6) is 0 Å². The van der Waals surface area contributed by atoms with Gasteiger partial charge >= 0.3 is 0 Å². The molecule has 0 radical (unpaired) electrons. The quantitative estimate of drug-likeness (QED) is 0.451. The fourth-order valence-electron chi connectivity index (χ4n) is 1.28. The molecule has 0 rings (SSSR count). The summed E-state index contributed by atoms with van der Waals surface area (Å²) >= 11 is 0. The van der Waals surface area contributed by atoms with Crippen LogP contribution in [0.2, 0.25) is 0 Å². The molecule has 0 aliphatic carbocycles. The molecule has 0 aromatic heterocycles. The van der Waals surface area contributed by atoms with Crippen LogP contribution in [0.3, 0.4) is 0 Å². The van der Waals surface area contributed by atoms with Crippen LogP contribution in [-0.4, -0.2) is 12.3 Å². The van der Waals surface area contributed by atoms with E-state index in [1.807, 2.05) is 32.1 Å². The van der Waals surface area contributed by atoms with E-state index >= 15 is 0 Å². The fraction of sp³-hybridized carbons (Fsp3) is 0.417. The summed E-state index contributed by atoms with van der Waals surface area (Å²) in [6.45, 7) is 13.6. The third-order valence-corrected chi connectivity index (χ3v) is 2.14. The number of rotatable bonds is 5. The van der Waals surface area contributed by atoms with Crippen molar-refractivity contribution >= 4 is 6.21 Å². The molecule has 2 unspecified atom stereocenters. The van der Waals surface area contributed by atoms with Crippen LogP contribution in [0, 0.1) is 5.41 Å². The van der Waals surface area contributed by atoms with Crippen molar-refractivity contribution in [3.63, 3.8) is 0 Å². The van der Waals surface area contributed by atoms with E-state index in [4.69, 9.17) is 0 Å². The van der Waals surface area contributed by atoms with Crippen molar-refractivity contribution in [1.29, 1.82) is 0 Å². The molecule has 1 nitrogen and oxygen atoms in total. The van der Waals surface area contributed by atoms with E-state index in [0.717, 1.165) is 0 Å². The van der Waals surface area contributed by atoms with Gasteiger partial charge in [-0.1, -0.05) is 31.2 Å². The second kappa shape index (κ2) is 5.52. The average molecular weight is 177 g/mol. The lowest BCUT2D eigenvalue weighted by Crippen LogP contribution is -2.24. The molecule has 0 heterocycles. The predicted octanol–water partition coefficient (Wildman–Crippen LogP) is 3.40. The molecule has 0 aliphatic heterocycles. The Labute approximate surface area is 81.6 Å². The van der Waals surface area contributed by atoms with Gasteiger partial charge < -0.3 is 0 Å². The summed E-state index contributed by atoms with van der Waals surface area (Å²) in [7, 11) is 0. The molecule has 0 spiro atoms. The second-order valence-electron chi connectivity index (χ2n) is 3.16. The minimum absolute atomic E-state index is 0.0752. The topological polar surface area (TPSA) is 12.4 Å². The maximum Gasteiger partial charge on any atom is 0.0795 e. The van der Waals surface area contributed by atoms with Crippen LogP contribution < -0.4 is 0 Å². The Kier molecular flexibility index (Phi) is 5.05. The molecule has 0 aliphatic rings. The lowest BCUT2D eigenvalue weighted by molar-refractivity contribution is 0.489. The van der Waals surface area contributed by atoms with Crippen molar-refractivity contribution < 1.29 is 0 Å². The third kappa shape index (κ3) is 3.02. The summed E-state index contributed by atoms with van der Waals surface area (Å²) in [5, 5.41) is 0. The molecule has 2 atom stereocenters. The number of nitrogens with zero attached hydrogens (tertiary/aromatic N) is 1. The highest BCUT2D eigenvalue weighted by molar-refractivity contribution is 5.54. The van der Waals surface area contributed by atoms with Gasteiger partial charge in [0.05, 0.1) is 6.04 Å². The Morgan fingerprint density at radius 2 is 1.92 bits per heavy atom. The Bertz CT molecular complexity index is 225. The summed E-state index contributed by atoms with van der Waals surface area (Å²) in [5.74, 6) is 0. The molecule has 0 N–H and O–H groups in total. The lowest BCUT2D eigenvalue weighted by atomic mass is 9.82. The normalized spacial score (nSPS) is 18.7. The zero-order valence-corrected chi connectivity index (χ0v) is 8.83. The summed E-state index contributed by atoms with van der Waals surface area (Å²) in [4.78, 5) is 4.34. The van der Waals surface area contributed by atoms with E-state index < -0.39 is 0 Å². The number of hydrogen-bond acceptors (Lipinski definition) is 1. The first-order chi connectivity index (χ1) is 6.14. The first kappa shape index (κ1) is 11.9. The van der Waals surface area contributed by atoms with E-state index in [2.05, 4.69) is 31.2 Å². The second-order valence-corrected chi connectivity index (χ2v) is 3.16. The summed E-state index contributed by atoms with van der Waals surface area (Å²) in [5.41, 5.74) is -0.122. The molecule has 0 saturated carbocycles. The minimum atomic E-state index is -0.122. The van der Waals surface area contributed by atoms with Gasteiger partial charge in [0.15, 0.2) is 0 Å². The van der Waals surface area contributed by atoms with Crippen molar-refractivity contribution in [2.24, 2.45) is 10.4 Å². The van der Waals surface area contributed by atoms with E-state index in [1.165, 1.54) is 0 Å². The highest BCUT2D eigenvalue weighted by Gasteiger charge is 2.24. The zero-order chi connectivity index (χ0) is 10.3. The number of allylic oxidation sites excluding steroid dienone is 1. The maximum atomic E-state index is 4.34. The van der Waals surface area contributed by atoms with Gasteiger partial charge in [-0.2, -0.15) is 0 Å². The molecule has 72 valence electrons. The molecule has 0 saturated heterocycles. The van der Waals surface area contributed by atoms with Crippen LogP contribution in [0.25, 0.3) is 0 Å². The Morgan fingerprint density at radius 3 is 2.23 bits per heavy atom. The molecule has 0 aromatic rings. The van der Waals surface area contributed by atoms with Crippen molar-refractivity contribution in [1.82, 2.24) is 0 Å². The van der Waals surface area contributed by atoms with E-state index in [9.17, 15) is 0 Å². The Morgan fingerprint density at radius 1 is 1.31 bits per heavy atom. The monoisotopic (exact) mass is 177 g/mol. The summed E-state index contributed by atoms with van der Waals surface area (Å²) in [6, 6.07) is 0.0752. The molecule has 13 heavy (non-hydrogen) atoms. The smallest absolute Gasteiger partial charge is 0.0795 e. The molecule has 0 fully saturated rings. The highest BCUT2D eigenvalue weighted by atomic mass is 14.8. The largest absolute Gasteiger partial charge is 0.289 e. The molecule has 0 amide bonds. The minimum Gasteiger partial charge on any atom is -0.289 e. The van der Waals surface area contributed by atoms with E-state index in [-0.39, 0.29) is 11.5 Å². The number of hydrogen-bond donors (Lipinski definition) is 0. The molecular weight excluding hydrogens is 158 g/mol. The van der Waals surface area contributed by atoms with Crippen LogP contribution in [0.1, 0.15) is 20.8 Å². The highest BCUT2D eigenvalue weighted by Crippen LogP contribution is 2.27.